The molecule has 1 N–H and O–H groups in total. The van der Waals surface area contributed by atoms with Crippen molar-refractivity contribution in [1.82, 2.24) is 0 Å². The molecule has 3 nitrogen and oxygen atoms in total. The molecule has 0 aliphatic carbocycles. The van der Waals surface area contributed by atoms with Gasteiger partial charge in [-0.2, -0.15) is 0 Å². The maximum Gasteiger partial charge on any atom is 0.331 e. The molecule has 0 bridgehead atoms. The van der Waals surface area contributed by atoms with E-state index in [-0.39, 0.29) is 0 Å². The Morgan fingerprint density at radius 1 is 0.947 bits per heavy atom. The van der Waals surface area contributed by atoms with Gasteiger partial charge in [-0.05, 0) is 32.1 Å². The average molecular weight is 270 g/mol. The van der Waals surface area contributed by atoms with Crippen molar-refractivity contribution in [1.29, 1.82) is 0 Å². The lowest BCUT2D eigenvalue weighted by Crippen LogP contribution is -2.09. The Morgan fingerprint density at radius 2 is 1.53 bits per heavy atom. The van der Waals surface area contributed by atoms with Crippen molar-refractivity contribution >= 4 is 5.97 Å². The summed E-state index contributed by atoms with van der Waals surface area (Å²) in [6.45, 7) is 2.16. The summed E-state index contributed by atoms with van der Waals surface area (Å²) in [4.78, 5) is 10.6. The third kappa shape index (κ3) is 15.1. The van der Waals surface area contributed by atoms with Gasteiger partial charge in [0.25, 0.3) is 0 Å². The third-order valence-corrected chi connectivity index (χ3v) is 3.05. The topological polar surface area (TPSA) is 46.5 Å². The zero-order valence-corrected chi connectivity index (χ0v) is 12.4. The van der Waals surface area contributed by atoms with E-state index in [4.69, 9.17) is 9.84 Å². The van der Waals surface area contributed by atoms with E-state index in [1.54, 1.807) is 0 Å². The van der Waals surface area contributed by atoms with E-state index in [1.807, 2.05) is 0 Å². The minimum Gasteiger partial charge on any atom is -0.464 e. The van der Waals surface area contributed by atoms with E-state index in [0.717, 1.165) is 19.3 Å². The van der Waals surface area contributed by atoms with Crippen molar-refractivity contribution in [2.45, 2.75) is 71.1 Å². The van der Waals surface area contributed by atoms with Gasteiger partial charge in [0, 0.05) is 0 Å². The van der Waals surface area contributed by atoms with Crippen LogP contribution in [0.1, 0.15) is 71.1 Å². The van der Waals surface area contributed by atoms with Crippen molar-refractivity contribution in [2.24, 2.45) is 0 Å². The Hall–Kier alpha value is -0.830. The molecule has 0 unspecified atom stereocenters. The fourth-order valence-electron chi connectivity index (χ4n) is 1.87. The number of carbonyl (C=O) groups is 1. The molecule has 0 spiro atoms. The fraction of sp³-hybridized carbons (Fsp3) is 0.812. The van der Waals surface area contributed by atoms with E-state index in [0.29, 0.717) is 6.61 Å². The summed E-state index contributed by atoms with van der Waals surface area (Å²) in [7, 11) is 0. The van der Waals surface area contributed by atoms with Crippen LogP contribution in [0.3, 0.4) is 0 Å². The van der Waals surface area contributed by atoms with Crippen LogP contribution in [0.15, 0.2) is 12.2 Å². The second-order valence-corrected chi connectivity index (χ2v) is 4.90. The molecule has 0 aromatic heterocycles. The number of ether oxygens (including phenoxy) is 1. The summed E-state index contributed by atoms with van der Waals surface area (Å²) in [5.74, 6) is -0.522. The molecule has 0 aliphatic rings. The first-order chi connectivity index (χ1) is 9.31. The standard InChI is InChI=1S/C16H30O3/c1-2-3-4-5-6-7-8-9-10-11-12-13-14-19-16(18)15-17/h7-8,17H,2-6,9-15H2,1H3. The van der Waals surface area contributed by atoms with Crippen molar-refractivity contribution in [3.8, 4) is 0 Å². The van der Waals surface area contributed by atoms with Crippen LogP contribution in [-0.4, -0.2) is 24.3 Å². The lowest BCUT2D eigenvalue weighted by atomic mass is 10.1. The van der Waals surface area contributed by atoms with Crippen LogP contribution in [0.5, 0.6) is 0 Å². The molecule has 0 aliphatic heterocycles. The number of hydrogen-bond donors (Lipinski definition) is 1. The van der Waals surface area contributed by atoms with Crippen LogP contribution in [0, 0.1) is 0 Å². The van der Waals surface area contributed by atoms with Gasteiger partial charge < -0.3 is 9.84 Å². The molecule has 0 heterocycles. The first kappa shape index (κ1) is 18.2. The fourth-order valence-corrected chi connectivity index (χ4v) is 1.87. The molecule has 3 heteroatoms. The largest absolute Gasteiger partial charge is 0.464 e. The summed E-state index contributed by atoms with van der Waals surface area (Å²) in [6, 6.07) is 0. The van der Waals surface area contributed by atoms with Gasteiger partial charge in [-0.3, -0.25) is 0 Å². The van der Waals surface area contributed by atoms with Gasteiger partial charge in [-0.25, -0.2) is 4.79 Å². The van der Waals surface area contributed by atoms with Crippen molar-refractivity contribution < 1.29 is 14.6 Å². The van der Waals surface area contributed by atoms with E-state index in [9.17, 15) is 4.79 Å². The summed E-state index contributed by atoms with van der Waals surface area (Å²) >= 11 is 0. The molecule has 0 radical (unpaired) electrons. The molecule has 0 atom stereocenters. The number of esters is 1. The van der Waals surface area contributed by atoms with Crippen molar-refractivity contribution in [3.63, 3.8) is 0 Å². The Labute approximate surface area is 118 Å². The number of unbranched alkanes of at least 4 members (excludes halogenated alkanes) is 8. The molecule has 0 amide bonds. The Balaban J connectivity index is 3.09. The van der Waals surface area contributed by atoms with Gasteiger partial charge in [-0.1, -0.05) is 51.2 Å². The van der Waals surface area contributed by atoms with Gasteiger partial charge in [0.2, 0.25) is 0 Å². The van der Waals surface area contributed by atoms with Gasteiger partial charge in [0.1, 0.15) is 6.61 Å². The highest BCUT2D eigenvalue weighted by atomic mass is 16.5. The highest BCUT2D eigenvalue weighted by molar-refractivity contribution is 5.70. The normalized spacial score (nSPS) is 11.1. The first-order valence-corrected chi connectivity index (χ1v) is 7.72. The second-order valence-electron chi connectivity index (χ2n) is 4.90. The van der Waals surface area contributed by atoms with Crippen LogP contribution in [0.4, 0.5) is 0 Å². The zero-order valence-electron chi connectivity index (χ0n) is 12.4. The van der Waals surface area contributed by atoms with Crippen molar-refractivity contribution in [3.05, 3.63) is 12.2 Å². The number of allylic oxidation sites excluding steroid dienone is 2. The summed E-state index contributed by atoms with van der Waals surface area (Å²) in [5, 5.41) is 8.44. The Kier molecular flexibility index (Phi) is 14.6. The van der Waals surface area contributed by atoms with E-state index in [2.05, 4.69) is 19.1 Å². The van der Waals surface area contributed by atoms with Crippen molar-refractivity contribution in [2.75, 3.05) is 13.2 Å². The molecule has 0 fully saturated rings. The molecule has 0 aromatic rings. The lowest BCUT2D eigenvalue weighted by Gasteiger charge is -2.02. The Morgan fingerprint density at radius 3 is 2.11 bits per heavy atom. The average Bonchev–Trinajstić information content (AvgIpc) is 2.43. The number of aliphatic hydroxyl groups is 1. The molecule has 19 heavy (non-hydrogen) atoms. The van der Waals surface area contributed by atoms with Gasteiger partial charge >= 0.3 is 5.97 Å². The molecule has 0 rings (SSSR count). The lowest BCUT2D eigenvalue weighted by molar-refractivity contribution is -0.147. The van der Waals surface area contributed by atoms with Gasteiger partial charge in [0.05, 0.1) is 6.61 Å². The number of carbonyl (C=O) groups excluding carboxylic acids is 1. The number of hydrogen-bond acceptors (Lipinski definition) is 3. The smallest absolute Gasteiger partial charge is 0.331 e. The second kappa shape index (κ2) is 15.2. The van der Waals surface area contributed by atoms with E-state index >= 15 is 0 Å². The van der Waals surface area contributed by atoms with E-state index < -0.39 is 12.6 Å². The molecule has 0 aromatic carbocycles. The Bertz CT molecular complexity index is 224. The minimum absolute atomic E-state index is 0.437. The summed E-state index contributed by atoms with van der Waals surface area (Å²) < 4.78 is 4.78. The van der Waals surface area contributed by atoms with Gasteiger partial charge in [0.15, 0.2) is 0 Å². The van der Waals surface area contributed by atoms with Crippen LogP contribution < -0.4 is 0 Å². The molecular formula is C16H30O3. The zero-order chi connectivity index (χ0) is 14.2. The van der Waals surface area contributed by atoms with E-state index in [1.165, 1.54) is 44.9 Å². The highest BCUT2D eigenvalue weighted by Crippen LogP contribution is 2.06. The van der Waals surface area contributed by atoms with Crippen LogP contribution in [0.25, 0.3) is 0 Å². The predicted octanol–water partition coefficient (Wildman–Crippen LogP) is 4.00. The van der Waals surface area contributed by atoms with Crippen LogP contribution in [-0.2, 0) is 9.53 Å². The number of rotatable bonds is 13. The first-order valence-electron chi connectivity index (χ1n) is 7.72. The van der Waals surface area contributed by atoms with Gasteiger partial charge in [-0.15, -0.1) is 0 Å². The maximum atomic E-state index is 10.6. The maximum absolute atomic E-state index is 10.6. The molecular weight excluding hydrogens is 240 g/mol. The third-order valence-electron chi connectivity index (χ3n) is 3.05. The quantitative estimate of drug-likeness (QED) is 0.312. The van der Waals surface area contributed by atoms with Crippen LogP contribution in [0.2, 0.25) is 0 Å². The summed E-state index contributed by atoms with van der Waals surface area (Å²) in [6.07, 6.45) is 16.7. The monoisotopic (exact) mass is 270 g/mol. The summed E-state index contributed by atoms with van der Waals surface area (Å²) in [5.41, 5.74) is 0. The molecule has 112 valence electrons. The van der Waals surface area contributed by atoms with Crippen LogP contribution >= 0.6 is 0 Å². The molecule has 0 saturated carbocycles. The highest BCUT2D eigenvalue weighted by Gasteiger charge is 1.97. The molecule has 0 saturated heterocycles. The number of aliphatic hydroxyl groups excluding tert-OH is 1. The SMILES string of the molecule is CCCCCCC=CCCCCCCOC(=O)CO. The predicted molar refractivity (Wildman–Crippen MR) is 79.0 cm³/mol. The minimum atomic E-state index is -0.522.